The molecule has 1 aromatic heterocycles. The van der Waals surface area contributed by atoms with Gasteiger partial charge in [0.2, 0.25) is 0 Å². The van der Waals surface area contributed by atoms with E-state index in [0.29, 0.717) is 28.1 Å². The first-order valence-electron chi connectivity index (χ1n) is 8.15. The molecule has 0 saturated heterocycles. The van der Waals surface area contributed by atoms with E-state index in [1.54, 1.807) is 24.1 Å². The summed E-state index contributed by atoms with van der Waals surface area (Å²) < 4.78 is 44.3. The molecule has 27 heavy (non-hydrogen) atoms. The number of para-hydroxylation sites is 2. The highest BCUT2D eigenvalue weighted by Crippen LogP contribution is 2.38. The van der Waals surface area contributed by atoms with Gasteiger partial charge in [-0.2, -0.15) is 18.4 Å². The average Bonchev–Trinajstić information content (AvgIpc) is 3.05. The van der Waals surface area contributed by atoms with Gasteiger partial charge in [0.25, 0.3) is 0 Å². The van der Waals surface area contributed by atoms with E-state index in [-0.39, 0.29) is 0 Å². The van der Waals surface area contributed by atoms with Gasteiger partial charge in [-0.25, -0.2) is 0 Å². The number of benzene rings is 3. The zero-order valence-electron chi connectivity index (χ0n) is 14.2. The van der Waals surface area contributed by atoms with E-state index >= 15 is 0 Å². The van der Waals surface area contributed by atoms with Crippen molar-refractivity contribution in [2.75, 3.05) is 11.9 Å². The molecule has 0 N–H and O–H groups in total. The molecule has 0 aliphatic carbocycles. The molecule has 0 saturated carbocycles. The van der Waals surface area contributed by atoms with Gasteiger partial charge in [-0.15, -0.1) is 0 Å². The summed E-state index contributed by atoms with van der Waals surface area (Å²) in [4.78, 5) is 1.76. The molecule has 0 spiro atoms. The third-order valence-corrected chi connectivity index (χ3v) is 4.57. The second-order valence-corrected chi connectivity index (χ2v) is 6.15. The van der Waals surface area contributed by atoms with Crippen molar-refractivity contribution in [1.29, 1.82) is 5.26 Å². The van der Waals surface area contributed by atoms with Crippen molar-refractivity contribution in [3.8, 4) is 6.07 Å². The third-order valence-electron chi connectivity index (χ3n) is 4.57. The molecule has 4 aromatic rings. The van der Waals surface area contributed by atoms with E-state index in [4.69, 9.17) is 4.42 Å². The van der Waals surface area contributed by atoms with E-state index in [2.05, 4.69) is 6.07 Å². The Morgan fingerprint density at radius 1 is 0.889 bits per heavy atom. The number of fused-ring (bicyclic) bond motifs is 3. The topological polar surface area (TPSA) is 40.2 Å². The number of hydrogen-bond donors (Lipinski definition) is 0. The zero-order valence-corrected chi connectivity index (χ0v) is 14.2. The van der Waals surface area contributed by atoms with Crippen LogP contribution in [0.3, 0.4) is 0 Å². The van der Waals surface area contributed by atoms with E-state index < -0.39 is 11.7 Å². The van der Waals surface area contributed by atoms with Crippen LogP contribution < -0.4 is 4.90 Å². The molecule has 0 aliphatic heterocycles. The van der Waals surface area contributed by atoms with Crippen LogP contribution in [0.5, 0.6) is 0 Å². The van der Waals surface area contributed by atoms with Crippen molar-refractivity contribution in [1.82, 2.24) is 0 Å². The predicted octanol–water partition coefficient (Wildman–Crippen LogP) is 6.24. The molecule has 0 amide bonds. The van der Waals surface area contributed by atoms with Gasteiger partial charge in [0, 0.05) is 23.5 Å². The highest BCUT2D eigenvalue weighted by Gasteiger charge is 2.30. The smallest absolute Gasteiger partial charge is 0.416 e. The summed E-state index contributed by atoms with van der Waals surface area (Å²) in [5.41, 5.74) is 2.12. The molecule has 0 bridgehead atoms. The van der Waals surface area contributed by atoms with Crippen LogP contribution in [0.2, 0.25) is 0 Å². The highest BCUT2D eigenvalue weighted by atomic mass is 19.4. The lowest BCUT2D eigenvalue weighted by Gasteiger charge is -2.20. The second-order valence-electron chi connectivity index (χ2n) is 6.15. The summed E-state index contributed by atoms with van der Waals surface area (Å²) in [5.74, 6) is 0. The van der Waals surface area contributed by atoms with Crippen molar-refractivity contribution in [2.45, 2.75) is 6.18 Å². The largest absolute Gasteiger partial charge is 0.452 e. The number of hydrogen-bond acceptors (Lipinski definition) is 3. The monoisotopic (exact) mass is 366 g/mol. The summed E-state index contributed by atoms with van der Waals surface area (Å²) in [7, 11) is 1.76. The van der Waals surface area contributed by atoms with E-state index in [0.717, 1.165) is 22.9 Å². The normalized spacial score (nSPS) is 11.7. The van der Waals surface area contributed by atoms with Crippen LogP contribution in [0.1, 0.15) is 11.1 Å². The Bertz CT molecular complexity index is 1180. The van der Waals surface area contributed by atoms with Gasteiger partial charge in [-0.05, 0) is 36.4 Å². The number of rotatable bonds is 2. The summed E-state index contributed by atoms with van der Waals surface area (Å²) in [6.07, 6.45) is -4.37. The van der Waals surface area contributed by atoms with Crippen LogP contribution in [0.15, 0.2) is 65.1 Å². The molecule has 0 unspecified atom stereocenters. The summed E-state index contributed by atoms with van der Waals surface area (Å²) >= 11 is 0. The molecule has 0 aliphatic rings. The van der Waals surface area contributed by atoms with Crippen LogP contribution in [-0.2, 0) is 6.18 Å². The molecule has 134 valence electrons. The number of nitrogens with zero attached hydrogens (tertiary/aromatic N) is 2. The summed E-state index contributed by atoms with van der Waals surface area (Å²) in [6, 6.07) is 18.0. The average molecular weight is 366 g/mol. The van der Waals surface area contributed by atoms with Crippen LogP contribution in [-0.4, -0.2) is 7.05 Å². The first-order chi connectivity index (χ1) is 12.9. The molecule has 0 atom stereocenters. The highest BCUT2D eigenvalue weighted by molar-refractivity contribution is 6.10. The Labute approximate surface area is 152 Å². The number of nitriles is 1. The first kappa shape index (κ1) is 17.0. The molecule has 0 fully saturated rings. The molecule has 4 rings (SSSR count). The fourth-order valence-corrected chi connectivity index (χ4v) is 3.17. The first-order valence-corrected chi connectivity index (χ1v) is 8.15. The lowest BCUT2D eigenvalue weighted by molar-refractivity contribution is -0.137. The van der Waals surface area contributed by atoms with Crippen molar-refractivity contribution < 1.29 is 17.6 Å². The lowest BCUT2D eigenvalue weighted by Crippen LogP contribution is -2.10. The van der Waals surface area contributed by atoms with Gasteiger partial charge in [-0.1, -0.05) is 24.3 Å². The Hall–Kier alpha value is -3.46. The van der Waals surface area contributed by atoms with Crippen LogP contribution >= 0.6 is 0 Å². The van der Waals surface area contributed by atoms with Gasteiger partial charge in [0.05, 0.1) is 16.8 Å². The zero-order chi connectivity index (χ0) is 19.2. The Morgan fingerprint density at radius 3 is 2.15 bits per heavy atom. The second kappa shape index (κ2) is 6.06. The fourth-order valence-electron chi connectivity index (χ4n) is 3.17. The lowest BCUT2D eigenvalue weighted by atomic mass is 10.1. The number of halogens is 3. The number of alkyl halides is 3. The van der Waals surface area contributed by atoms with Crippen LogP contribution in [0, 0.1) is 11.3 Å². The molecule has 3 aromatic carbocycles. The summed E-state index contributed by atoms with van der Waals surface area (Å²) in [5, 5.41) is 11.0. The summed E-state index contributed by atoms with van der Waals surface area (Å²) in [6.45, 7) is 0. The van der Waals surface area contributed by atoms with Crippen LogP contribution in [0.4, 0.5) is 24.5 Å². The quantitative estimate of drug-likeness (QED) is 0.421. The standard InChI is InChI=1S/C21H13F3N2O/c1-26(15-10-8-14(9-11-15)21(22,23)24)18-7-3-6-17-16-5-2-4-13(12-25)19(16)27-20(17)18/h2-11H,1H3. The van der Waals surface area contributed by atoms with Gasteiger partial charge < -0.3 is 9.32 Å². The predicted molar refractivity (Wildman–Crippen MR) is 97.9 cm³/mol. The Morgan fingerprint density at radius 2 is 1.52 bits per heavy atom. The SMILES string of the molecule is CN(c1ccc(C(F)(F)F)cc1)c1cccc2c1oc1c(C#N)cccc12. The minimum Gasteiger partial charge on any atom is -0.452 e. The molecule has 3 nitrogen and oxygen atoms in total. The van der Waals surface area contributed by atoms with Gasteiger partial charge in [0.15, 0.2) is 11.2 Å². The fraction of sp³-hybridized carbons (Fsp3) is 0.0952. The third kappa shape index (κ3) is 2.77. The Kier molecular flexibility index (Phi) is 3.81. The van der Waals surface area contributed by atoms with E-state index in [1.807, 2.05) is 24.3 Å². The van der Waals surface area contributed by atoms with Crippen molar-refractivity contribution in [3.63, 3.8) is 0 Å². The van der Waals surface area contributed by atoms with E-state index in [1.165, 1.54) is 12.1 Å². The van der Waals surface area contributed by atoms with E-state index in [9.17, 15) is 18.4 Å². The molecular weight excluding hydrogens is 353 g/mol. The maximum absolute atomic E-state index is 12.8. The minimum atomic E-state index is -4.37. The van der Waals surface area contributed by atoms with Gasteiger partial charge in [0.1, 0.15) is 6.07 Å². The van der Waals surface area contributed by atoms with Gasteiger partial charge in [-0.3, -0.25) is 0 Å². The maximum Gasteiger partial charge on any atom is 0.416 e. The Balaban J connectivity index is 1.85. The minimum absolute atomic E-state index is 0.437. The van der Waals surface area contributed by atoms with Crippen molar-refractivity contribution in [2.24, 2.45) is 0 Å². The molecule has 1 heterocycles. The number of anilines is 2. The number of furan rings is 1. The maximum atomic E-state index is 12.8. The van der Waals surface area contributed by atoms with Crippen molar-refractivity contribution >= 4 is 33.3 Å². The van der Waals surface area contributed by atoms with Crippen LogP contribution in [0.25, 0.3) is 21.9 Å². The van der Waals surface area contributed by atoms with Gasteiger partial charge >= 0.3 is 6.18 Å². The molecule has 0 radical (unpaired) electrons. The molecular formula is C21H13F3N2O. The van der Waals surface area contributed by atoms with Crippen molar-refractivity contribution in [3.05, 3.63) is 71.8 Å². The molecule has 6 heteroatoms.